The average Bonchev–Trinajstić information content (AvgIpc) is 2.95. The van der Waals surface area contributed by atoms with Crippen molar-refractivity contribution in [1.82, 2.24) is 5.32 Å². The molecule has 1 fully saturated rings. The summed E-state index contributed by atoms with van der Waals surface area (Å²) in [4.78, 5) is 49.3. The van der Waals surface area contributed by atoms with Gasteiger partial charge < -0.3 is 18.9 Å². The van der Waals surface area contributed by atoms with Gasteiger partial charge in [0.2, 0.25) is 0 Å². The van der Waals surface area contributed by atoms with Crippen LogP contribution in [-0.2, 0) is 9.59 Å². The van der Waals surface area contributed by atoms with Crippen molar-refractivity contribution in [3.63, 3.8) is 0 Å². The first-order chi connectivity index (χ1) is 19.3. The monoisotopic (exact) mass is 547 g/mol. The van der Waals surface area contributed by atoms with Gasteiger partial charge in [0.15, 0.2) is 11.5 Å². The third-order valence-electron chi connectivity index (χ3n) is 5.67. The van der Waals surface area contributed by atoms with Crippen molar-refractivity contribution in [1.29, 1.82) is 0 Å². The van der Waals surface area contributed by atoms with E-state index in [1.165, 1.54) is 49.6 Å². The molecular formula is C28H25N3O9. The molecule has 1 saturated heterocycles. The number of nitrogens with zero attached hydrogens (tertiary/aromatic N) is 2. The molecule has 1 heterocycles. The fraction of sp³-hybridized carbons (Fsp3) is 0.179. The van der Waals surface area contributed by atoms with Crippen LogP contribution in [0.1, 0.15) is 12.5 Å². The Balaban J connectivity index is 1.47. The summed E-state index contributed by atoms with van der Waals surface area (Å²) in [5.74, 6) is 0.190. The lowest BCUT2D eigenvalue weighted by Gasteiger charge is -2.26. The van der Waals surface area contributed by atoms with Gasteiger partial charge in [0.1, 0.15) is 30.3 Å². The molecule has 0 spiro atoms. The van der Waals surface area contributed by atoms with Gasteiger partial charge in [-0.3, -0.25) is 25.0 Å². The number of non-ortho nitro benzene ring substituents is 1. The molecule has 0 radical (unpaired) electrons. The van der Waals surface area contributed by atoms with Gasteiger partial charge >= 0.3 is 6.03 Å². The number of urea groups is 1. The first kappa shape index (κ1) is 27.6. The second-order valence-electron chi connectivity index (χ2n) is 8.24. The number of ether oxygens (including phenoxy) is 4. The van der Waals surface area contributed by atoms with Gasteiger partial charge in [-0.2, -0.15) is 0 Å². The van der Waals surface area contributed by atoms with E-state index in [0.29, 0.717) is 35.2 Å². The molecule has 1 aliphatic heterocycles. The van der Waals surface area contributed by atoms with Crippen LogP contribution in [0.15, 0.2) is 72.3 Å². The van der Waals surface area contributed by atoms with Crippen molar-refractivity contribution >= 4 is 35.3 Å². The SMILES string of the molecule is CCOc1cc(/C=C2/C(=O)NC(=O)N(c3ccc(OC)cc3)C2=O)ccc1OCCOc1ccc([N+](=O)[O-])cc1. The number of rotatable bonds is 11. The van der Waals surface area contributed by atoms with Crippen LogP contribution in [0.4, 0.5) is 16.2 Å². The highest BCUT2D eigenvalue weighted by Gasteiger charge is 2.36. The summed E-state index contributed by atoms with van der Waals surface area (Å²) in [6.07, 6.45) is 1.37. The molecule has 3 aromatic rings. The number of anilines is 1. The summed E-state index contributed by atoms with van der Waals surface area (Å²) in [5.41, 5.74) is 0.479. The van der Waals surface area contributed by atoms with Gasteiger partial charge in [-0.25, -0.2) is 9.69 Å². The van der Waals surface area contributed by atoms with E-state index in [0.717, 1.165) is 4.90 Å². The number of amides is 4. The number of methoxy groups -OCH3 is 1. The molecule has 12 heteroatoms. The minimum Gasteiger partial charge on any atom is -0.497 e. The van der Waals surface area contributed by atoms with Crippen LogP contribution in [0.2, 0.25) is 0 Å². The number of imide groups is 2. The van der Waals surface area contributed by atoms with Crippen molar-refractivity contribution < 1.29 is 38.3 Å². The summed E-state index contributed by atoms with van der Waals surface area (Å²) < 4.78 is 22.1. The fourth-order valence-electron chi connectivity index (χ4n) is 3.77. The van der Waals surface area contributed by atoms with Crippen molar-refractivity contribution in [3.05, 3.63) is 88.0 Å². The Morgan fingerprint density at radius 3 is 2.20 bits per heavy atom. The molecule has 12 nitrogen and oxygen atoms in total. The zero-order valence-corrected chi connectivity index (χ0v) is 21.6. The first-order valence-corrected chi connectivity index (χ1v) is 12.1. The third kappa shape index (κ3) is 6.35. The standard InChI is InChI=1S/C28H25N3O9/c1-3-38-25-17-18(4-13-24(25)40-15-14-39-22-11-7-20(8-12-22)31(35)36)16-23-26(32)29-28(34)30(27(23)33)19-5-9-21(37-2)10-6-19/h4-13,16-17H,3,14-15H2,1-2H3,(H,29,32,34)/b23-16-. The van der Waals surface area contributed by atoms with Gasteiger partial charge in [0, 0.05) is 12.1 Å². The van der Waals surface area contributed by atoms with Gasteiger partial charge in [0.05, 0.1) is 24.3 Å². The Morgan fingerprint density at radius 1 is 0.875 bits per heavy atom. The lowest BCUT2D eigenvalue weighted by molar-refractivity contribution is -0.384. The van der Waals surface area contributed by atoms with E-state index in [1.54, 1.807) is 37.3 Å². The summed E-state index contributed by atoms with van der Waals surface area (Å²) in [5, 5.41) is 13.0. The lowest BCUT2D eigenvalue weighted by atomic mass is 10.1. The molecule has 1 aliphatic rings. The quantitative estimate of drug-likeness (QED) is 0.123. The molecular weight excluding hydrogens is 522 g/mol. The number of hydrogen-bond donors (Lipinski definition) is 1. The van der Waals surface area contributed by atoms with E-state index in [9.17, 15) is 24.5 Å². The Morgan fingerprint density at radius 2 is 1.55 bits per heavy atom. The predicted molar refractivity (Wildman–Crippen MR) is 144 cm³/mol. The van der Waals surface area contributed by atoms with Crippen LogP contribution >= 0.6 is 0 Å². The van der Waals surface area contributed by atoms with E-state index in [4.69, 9.17) is 18.9 Å². The minimum atomic E-state index is -0.855. The highest BCUT2D eigenvalue weighted by molar-refractivity contribution is 6.39. The number of barbiturate groups is 1. The Bertz CT molecular complexity index is 1450. The second-order valence-corrected chi connectivity index (χ2v) is 8.24. The number of carbonyl (C=O) groups is 3. The van der Waals surface area contributed by atoms with Crippen LogP contribution in [-0.4, -0.2) is 49.7 Å². The molecule has 4 rings (SSSR count). The minimum absolute atomic E-state index is 0.0348. The van der Waals surface area contributed by atoms with Gasteiger partial charge in [-0.05, 0) is 67.1 Å². The number of nitrogens with one attached hydrogen (secondary N) is 1. The molecule has 0 atom stereocenters. The first-order valence-electron chi connectivity index (χ1n) is 12.1. The van der Waals surface area contributed by atoms with Gasteiger partial charge in [-0.15, -0.1) is 0 Å². The summed E-state index contributed by atoms with van der Waals surface area (Å²) in [7, 11) is 1.50. The lowest BCUT2D eigenvalue weighted by Crippen LogP contribution is -2.54. The Kier molecular flexibility index (Phi) is 8.59. The maximum Gasteiger partial charge on any atom is 0.335 e. The number of nitro groups is 1. The molecule has 40 heavy (non-hydrogen) atoms. The zero-order valence-electron chi connectivity index (χ0n) is 21.6. The molecule has 0 aromatic heterocycles. The number of nitro benzene ring substituents is 1. The summed E-state index contributed by atoms with van der Waals surface area (Å²) in [6.45, 7) is 2.44. The topological polar surface area (TPSA) is 147 Å². The van der Waals surface area contributed by atoms with Crippen molar-refractivity contribution in [2.45, 2.75) is 6.92 Å². The van der Waals surface area contributed by atoms with Crippen LogP contribution < -0.4 is 29.2 Å². The van der Waals surface area contributed by atoms with Crippen LogP contribution in [0.3, 0.4) is 0 Å². The Labute approximate surface area is 228 Å². The number of hydrogen-bond acceptors (Lipinski definition) is 9. The van der Waals surface area contributed by atoms with Crippen LogP contribution in [0.25, 0.3) is 6.08 Å². The van der Waals surface area contributed by atoms with Crippen molar-refractivity contribution in [2.24, 2.45) is 0 Å². The Hall–Kier alpha value is -5.39. The van der Waals surface area contributed by atoms with E-state index in [1.807, 2.05) is 0 Å². The van der Waals surface area contributed by atoms with Crippen molar-refractivity contribution in [3.8, 4) is 23.0 Å². The molecule has 3 aromatic carbocycles. The zero-order chi connectivity index (χ0) is 28.6. The molecule has 206 valence electrons. The average molecular weight is 548 g/mol. The van der Waals surface area contributed by atoms with E-state index < -0.39 is 22.8 Å². The normalized spacial score (nSPS) is 14.1. The van der Waals surface area contributed by atoms with Crippen molar-refractivity contribution in [2.75, 3.05) is 31.8 Å². The van der Waals surface area contributed by atoms with Gasteiger partial charge in [-0.1, -0.05) is 6.07 Å². The smallest absolute Gasteiger partial charge is 0.335 e. The van der Waals surface area contributed by atoms with E-state index in [-0.39, 0.29) is 30.2 Å². The molecule has 4 amide bonds. The molecule has 0 aliphatic carbocycles. The number of carbonyl (C=O) groups excluding carboxylic acids is 3. The highest BCUT2D eigenvalue weighted by Crippen LogP contribution is 2.31. The molecule has 1 N–H and O–H groups in total. The van der Waals surface area contributed by atoms with E-state index >= 15 is 0 Å². The molecule has 0 saturated carbocycles. The second kappa shape index (κ2) is 12.4. The molecule has 0 bridgehead atoms. The van der Waals surface area contributed by atoms with Crippen LogP contribution in [0, 0.1) is 10.1 Å². The maximum atomic E-state index is 13.2. The molecule has 0 unspecified atom stereocenters. The van der Waals surface area contributed by atoms with Gasteiger partial charge in [0.25, 0.3) is 17.5 Å². The maximum absolute atomic E-state index is 13.2. The van der Waals surface area contributed by atoms with Crippen LogP contribution in [0.5, 0.6) is 23.0 Å². The summed E-state index contributed by atoms with van der Waals surface area (Å²) >= 11 is 0. The largest absolute Gasteiger partial charge is 0.497 e. The highest BCUT2D eigenvalue weighted by atomic mass is 16.6. The number of benzene rings is 3. The summed E-state index contributed by atoms with van der Waals surface area (Å²) in [6, 6.07) is 16.0. The van der Waals surface area contributed by atoms with E-state index in [2.05, 4.69) is 5.32 Å². The fourth-order valence-corrected chi connectivity index (χ4v) is 3.77. The third-order valence-corrected chi connectivity index (χ3v) is 5.67. The predicted octanol–water partition coefficient (Wildman–Crippen LogP) is 4.13.